The molecule has 0 fully saturated rings. The third-order valence-electron chi connectivity index (χ3n) is 3.51. The maximum Gasteiger partial charge on any atom is 0.336 e. The zero-order chi connectivity index (χ0) is 15.5. The van der Waals surface area contributed by atoms with Crippen LogP contribution in [0.2, 0.25) is 5.02 Å². The lowest BCUT2D eigenvalue weighted by Crippen LogP contribution is -2.04. The van der Waals surface area contributed by atoms with Crippen molar-refractivity contribution in [2.24, 2.45) is 0 Å². The summed E-state index contributed by atoms with van der Waals surface area (Å²) >= 11 is 5.85. The number of benzene rings is 2. The summed E-state index contributed by atoms with van der Waals surface area (Å²) in [7, 11) is 0. The van der Waals surface area contributed by atoms with Gasteiger partial charge in [-0.25, -0.2) is 4.79 Å². The van der Waals surface area contributed by atoms with Gasteiger partial charge < -0.3 is 9.15 Å². The first-order chi connectivity index (χ1) is 10.7. The first-order valence-electron chi connectivity index (χ1n) is 7.10. The van der Waals surface area contributed by atoms with Gasteiger partial charge in [-0.15, -0.1) is 0 Å². The number of hydrogen-bond donors (Lipinski definition) is 0. The number of rotatable bonds is 4. The van der Waals surface area contributed by atoms with E-state index < -0.39 is 0 Å². The summed E-state index contributed by atoms with van der Waals surface area (Å²) in [6.45, 7) is 2.36. The van der Waals surface area contributed by atoms with E-state index in [1.807, 2.05) is 18.2 Å². The van der Waals surface area contributed by atoms with E-state index in [2.05, 4.69) is 6.92 Å². The molecule has 0 aliphatic carbocycles. The fraction of sp³-hybridized carbons (Fsp3) is 0.167. The van der Waals surface area contributed by atoms with E-state index in [0.717, 1.165) is 22.9 Å². The highest BCUT2D eigenvalue weighted by atomic mass is 35.5. The largest absolute Gasteiger partial charge is 0.489 e. The summed E-state index contributed by atoms with van der Waals surface area (Å²) < 4.78 is 11.0. The number of fused-ring (bicyclic) bond motifs is 1. The molecular weight excluding hydrogens is 300 g/mol. The molecule has 112 valence electrons. The molecule has 4 heteroatoms. The van der Waals surface area contributed by atoms with Crippen LogP contribution in [0, 0.1) is 0 Å². The molecule has 2 aromatic carbocycles. The second-order valence-electron chi connectivity index (χ2n) is 5.02. The van der Waals surface area contributed by atoms with Crippen LogP contribution in [0.4, 0.5) is 0 Å². The van der Waals surface area contributed by atoms with E-state index >= 15 is 0 Å². The van der Waals surface area contributed by atoms with Crippen molar-refractivity contribution in [2.45, 2.75) is 20.0 Å². The zero-order valence-electron chi connectivity index (χ0n) is 12.1. The first-order valence-corrected chi connectivity index (χ1v) is 7.47. The fourth-order valence-corrected chi connectivity index (χ4v) is 2.43. The molecule has 0 amide bonds. The highest BCUT2D eigenvalue weighted by Crippen LogP contribution is 2.22. The molecule has 0 aliphatic heterocycles. The Kier molecular flexibility index (Phi) is 4.16. The van der Waals surface area contributed by atoms with Crippen LogP contribution in [0.3, 0.4) is 0 Å². The van der Waals surface area contributed by atoms with Gasteiger partial charge in [0.2, 0.25) is 0 Å². The molecule has 3 rings (SSSR count). The lowest BCUT2D eigenvalue weighted by molar-refractivity contribution is 0.306. The molecule has 0 radical (unpaired) electrons. The van der Waals surface area contributed by atoms with Crippen molar-refractivity contribution in [2.75, 3.05) is 0 Å². The molecule has 0 aliphatic rings. The van der Waals surface area contributed by atoms with Gasteiger partial charge in [0.1, 0.15) is 17.9 Å². The minimum Gasteiger partial charge on any atom is -0.489 e. The first kappa shape index (κ1) is 14.7. The number of halogens is 1. The second-order valence-corrected chi connectivity index (χ2v) is 5.45. The van der Waals surface area contributed by atoms with Gasteiger partial charge in [0.15, 0.2) is 0 Å². The van der Waals surface area contributed by atoms with Gasteiger partial charge in [0, 0.05) is 22.0 Å². The molecule has 1 aromatic heterocycles. The van der Waals surface area contributed by atoms with E-state index in [1.165, 1.54) is 6.07 Å². The normalized spacial score (nSPS) is 10.8. The van der Waals surface area contributed by atoms with Gasteiger partial charge in [0.05, 0.1) is 0 Å². The summed E-state index contributed by atoms with van der Waals surface area (Å²) in [5, 5.41) is 1.55. The molecule has 3 nitrogen and oxygen atoms in total. The van der Waals surface area contributed by atoms with Gasteiger partial charge in [-0.2, -0.15) is 0 Å². The Labute approximate surface area is 133 Å². The average molecular weight is 315 g/mol. The highest BCUT2D eigenvalue weighted by molar-refractivity contribution is 6.30. The Balaban J connectivity index is 1.92. The third kappa shape index (κ3) is 3.15. The van der Waals surface area contributed by atoms with Crippen molar-refractivity contribution in [3.8, 4) is 5.75 Å². The quantitative estimate of drug-likeness (QED) is 0.661. The van der Waals surface area contributed by atoms with Crippen LogP contribution < -0.4 is 10.4 Å². The molecule has 0 atom stereocenters. The minimum atomic E-state index is -0.365. The van der Waals surface area contributed by atoms with Crippen molar-refractivity contribution >= 4 is 22.6 Å². The second kappa shape index (κ2) is 6.24. The lowest BCUT2D eigenvalue weighted by atomic mass is 10.1. The lowest BCUT2D eigenvalue weighted by Gasteiger charge is -2.09. The van der Waals surface area contributed by atoms with Crippen LogP contribution >= 0.6 is 11.6 Å². The maximum absolute atomic E-state index is 11.7. The summed E-state index contributed by atoms with van der Waals surface area (Å²) in [5.74, 6) is 0.705. The van der Waals surface area contributed by atoms with Gasteiger partial charge in [-0.1, -0.05) is 30.7 Å². The van der Waals surface area contributed by atoms with Crippen LogP contribution in [0.5, 0.6) is 5.75 Å². The maximum atomic E-state index is 11.7. The van der Waals surface area contributed by atoms with E-state index in [-0.39, 0.29) is 5.63 Å². The molecule has 0 N–H and O–H groups in total. The highest BCUT2D eigenvalue weighted by Gasteiger charge is 2.07. The number of aryl methyl sites for hydroxylation is 1. The van der Waals surface area contributed by atoms with Crippen LogP contribution in [0.25, 0.3) is 11.0 Å². The van der Waals surface area contributed by atoms with Crippen LogP contribution in [0.15, 0.2) is 57.7 Å². The van der Waals surface area contributed by atoms with Gasteiger partial charge in [-0.05, 0) is 42.3 Å². The summed E-state index contributed by atoms with van der Waals surface area (Å²) in [6, 6.07) is 14.5. The van der Waals surface area contributed by atoms with Crippen LogP contribution in [-0.2, 0) is 13.0 Å². The molecule has 0 unspecified atom stereocenters. The summed E-state index contributed by atoms with van der Waals surface area (Å²) in [6.07, 6.45) is 0.894. The number of ether oxygens (including phenoxy) is 1. The Bertz CT molecular complexity index is 850. The topological polar surface area (TPSA) is 39.4 Å². The smallest absolute Gasteiger partial charge is 0.336 e. The van der Waals surface area contributed by atoms with Crippen LogP contribution in [-0.4, -0.2) is 0 Å². The summed E-state index contributed by atoms with van der Waals surface area (Å²) in [4.78, 5) is 11.7. The van der Waals surface area contributed by atoms with Gasteiger partial charge in [0.25, 0.3) is 0 Å². The monoisotopic (exact) mass is 314 g/mol. The SMILES string of the molecule is CCc1ccc2c(COc3ccc(Cl)cc3)cc(=O)oc2c1. The van der Waals surface area contributed by atoms with E-state index in [1.54, 1.807) is 24.3 Å². The molecule has 22 heavy (non-hydrogen) atoms. The molecule has 0 saturated heterocycles. The van der Waals surface area contributed by atoms with Crippen molar-refractivity contribution in [3.63, 3.8) is 0 Å². The third-order valence-corrected chi connectivity index (χ3v) is 3.76. The van der Waals surface area contributed by atoms with Gasteiger partial charge in [-0.3, -0.25) is 0 Å². The van der Waals surface area contributed by atoms with Crippen molar-refractivity contribution in [3.05, 3.63) is 75.1 Å². The van der Waals surface area contributed by atoms with Crippen molar-refractivity contribution in [1.82, 2.24) is 0 Å². The van der Waals surface area contributed by atoms with Crippen molar-refractivity contribution in [1.29, 1.82) is 0 Å². The van der Waals surface area contributed by atoms with Crippen molar-refractivity contribution < 1.29 is 9.15 Å². The van der Waals surface area contributed by atoms with Gasteiger partial charge >= 0.3 is 5.63 Å². The molecule has 3 aromatic rings. The zero-order valence-corrected chi connectivity index (χ0v) is 12.9. The molecule has 0 bridgehead atoms. The Morgan fingerprint density at radius 1 is 1.09 bits per heavy atom. The Morgan fingerprint density at radius 3 is 2.59 bits per heavy atom. The number of hydrogen-bond acceptors (Lipinski definition) is 3. The van der Waals surface area contributed by atoms with E-state index in [0.29, 0.717) is 23.0 Å². The van der Waals surface area contributed by atoms with E-state index in [9.17, 15) is 4.79 Å². The molecular formula is C18H15ClO3. The predicted molar refractivity (Wildman–Crippen MR) is 87.6 cm³/mol. The predicted octanol–water partition coefficient (Wildman–Crippen LogP) is 4.59. The Morgan fingerprint density at radius 2 is 1.86 bits per heavy atom. The van der Waals surface area contributed by atoms with Crippen LogP contribution in [0.1, 0.15) is 18.1 Å². The van der Waals surface area contributed by atoms with E-state index in [4.69, 9.17) is 20.8 Å². The minimum absolute atomic E-state index is 0.301. The fourth-order valence-electron chi connectivity index (χ4n) is 2.31. The standard InChI is InChI=1S/C18H15ClO3/c1-2-12-3-8-16-13(10-18(20)22-17(16)9-12)11-21-15-6-4-14(19)5-7-15/h3-10H,2,11H2,1H3. The summed E-state index contributed by atoms with van der Waals surface area (Å²) in [5.41, 5.74) is 2.17. The molecule has 0 spiro atoms. The molecule has 0 saturated carbocycles. The average Bonchev–Trinajstić information content (AvgIpc) is 2.53. The molecule has 1 heterocycles. The Hall–Kier alpha value is -2.26.